The second-order valence-corrected chi connectivity index (χ2v) is 7.37. The second kappa shape index (κ2) is 8.73. The number of hydrogen-bond donors (Lipinski definition) is 1. The Morgan fingerprint density at radius 3 is 2.58 bits per heavy atom. The fourth-order valence-corrected chi connectivity index (χ4v) is 3.46. The molecule has 1 aliphatic heterocycles. The van der Waals surface area contributed by atoms with Gasteiger partial charge in [0.05, 0.1) is 23.6 Å². The molecular weight excluding hydrogens is 420 g/mol. The highest BCUT2D eigenvalue weighted by molar-refractivity contribution is 6.30. The summed E-state index contributed by atoms with van der Waals surface area (Å²) in [5.41, 5.74) is 5.12. The Morgan fingerprint density at radius 2 is 1.87 bits per heavy atom. The van der Waals surface area contributed by atoms with Crippen LogP contribution in [0.1, 0.15) is 23.0 Å². The van der Waals surface area contributed by atoms with Crippen molar-refractivity contribution in [1.29, 1.82) is 0 Å². The average molecular weight is 441 g/mol. The molecule has 7 nitrogen and oxygen atoms in total. The van der Waals surface area contributed by atoms with Crippen LogP contribution in [0.4, 0.5) is 0 Å². The van der Waals surface area contributed by atoms with Crippen molar-refractivity contribution in [3.8, 4) is 22.8 Å². The van der Waals surface area contributed by atoms with Gasteiger partial charge < -0.3 is 14.2 Å². The predicted molar refractivity (Wildman–Crippen MR) is 116 cm³/mol. The maximum Gasteiger partial charge on any atom is 0.340 e. The first-order valence-electron chi connectivity index (χ1n) is 9.82. The molecule has 160 valence electrons. The molecule has 0 radical (unpaired) electrons. The summed E-state index contributed by atoms with van der Waals surface area (Å²) in [7, 11) is 0. The van der Waals surface area contributed by atoms with Crippen LogP contribution in [0, 0.1) is 6.92 Å². The standard InChI is InChI=1S/C23H21ClN2O5/c1-3-29-23(28)17-12-18(15-8-10-16(24)11-9-15)26(14(17)2)25-22(27)21-13-30-19-6-4-5-7-20(19)31-21/h4-12,21H,3,13H2,1-2H3,(H,25,27). The lowest BCUT2D eigenvalue weighted by molar-refractivity contribution is -0.126. The normalized spacial score (nSPS) is 14.7. The maximum absolute atomic E-state index is 13.0. The summed E-state index contributed by atoms with van der Waals surface area (Å²) in [6, 6.07) is 16.0. The van der Waals surface area contributed by atoms with Gasteiger partial charge in [0.25, 0.3) is 5.91 Å². The quantitative estimate of drug-likeness (QED) is 0.601. The van der Waals surface area contributed by atoms with Crippen molar-refractivity contribution in [1.82, 2.24) is 4.68 Å². The molecule has 0 saturated heterocycles. The molecule has 1 aromatic heterocycles. The highest BCUT2D eigenvalue weighted by atomic mass is 35.5. The third-order valence-electron chi connectivity index (χ3n) is 4.91. The van der Waals surface area contributed by atoms with Gasteiger partial charge in [0.1, 0.15) is 6.61 Å². The molecule has 1 amide bonds. The summed E-state index contributed by atoms with van der Waals surface area (Å²) in [6.45, 7) is 3.80. The van der Waals surface area contributed by atoms with E-state index in [9.17, 15) is 9.59 Å². The summed E-state index contributed by atoms with van der Waals surface area (Å²) in [4.78, 5) is 25.4. The topological polar surface area (TPSA) is 78.8 Å². The highest BCUT2D eigenvalue weighted by Gasteiger charge is 2.29. The van der Waals surface area contributed by atoms with Crippen molar-refractivity contribution in [2.75, 3.05) is 18.6 Å². The van der Waals surface area contributed by atoms with Gasteiger partial charge in [-0.05, 0) is 44.2 Å². The van der Waals surface area contributed by atoms with Crippen LogP contribution in [0.2, 0.25) is 5.02 Å². The third kappa shape index (κ3) is 4.22. The van der Waals surface area contributed by atoms with Crippen LogP contribution >= 0.6 is 11.6 Å². The van der Waals surface area contributed by atoms with E-state index in [0.29, 0.717) is 33.5 Å². The molecule has 1 N–H and O–H groups in total. The number of ether oxygens (including phenoxy) is 3. The minimum atomic E-state index is -0.846. The zero-order valence-electron chi connectivity index (χ0n) is 17.1. The molecule has 8 heteroatoms. The van der Waals surface area contributed by atoms with Crippen LogP contribution in [-0.4, -0.2) is 35.9 Å². The number of aromatic nitrogens is 1. The van der Waals surface area contributed by atoms with Gasteiger partial charge in [-0.2, -0.15) is 0 Å². The van der Waals surface area contributed by atoms with Crippen molar-refractivity contribution in [3.63, 3.8) is 0 Å². The molecular formula is C23H21ClN2O5. The number of amides is 1. The molecule has 31 heavy (non-hydrogen) atoms. The number of nitrogens with zero attached hydrogens (tertiary/aromatic N) is 1. The lowest BCUT2D eigenvalue weighted by Crippen LogP contribution is -2.43. The minimum Gasteiger partial charge on any atom is -0.485 e. The second-order valence-electron chi connectivity index (χ2n) is 6.93. The Bertz CT molecular complexity index is 1120. The van der Waals surface area contributed by atoms with Gasteiger partial charge in [0, 0.05) is 10.6 Å². The fourth-order valence-electron chi connectivity index (χ4n) is 3.33. The molecule has 0 bridgehead atoms. The highest BCUT2D eigenvalue weighted by Crippen LogP contribution is 2.31. The van der Waals surface area contributed by atoms with Crippen molar-refractivity contribution in [3.05, 3.63) is 70.9 Å². The van der Waals surface area contributed by atoms with Gasteiger partial charge in [0.15, 0.2) is 11.5 Å². The van der Waals surface area contributed by atoms with E-state index in [-0.39, 0.29) is 13.2 Å². The van der Waals surface area contributed by atoms with Crippen LogP contribution in [0.5, 0.6) is 11.5 Å². The largest absolute Gasteiger partial charge is 0.485 e. The number of hydrogen-bond acceptors (Lipinski definition) is 5. The van der Waals surface area contributed by atoms with Gasteiger partial charge in [-0.1, -0.05) is 35.9 Å². The van der Waals surface area contributed by atoms with E-state index >= 15 is 0 Å². The zero-order valence-corrected chi connectivity index (χ0v) is 17.8. The van der Waals surface area contributed by atoms with Crippen molar-refractivity contribution in [2.24, 2.45) is 0 Å². The van der Waals surface area contributed by atoms with Crippen molar-refractivity contribution >= 4 is 23.5 Å². The van der Waals surface area contributed by atoms with E-state index in [4.69, 9.17) is 25.8 Å². The van der Waals surface area contributed by atoms with Crippen LogP contribution in [0.3, 0.4) is 0 Å². The van der Waals surface area contributed by atoms with Crippen molar-refractivity contribution in [2.45, 2.75) is 20.0 Å². The summed E-state index contributed by atoms with van der Waals surface area (Å²) >= 11 is 6.01. The van der Waals surface area contributed by atoms with E-state index in [0.717, 1.165) is 5.56 Å². The molecule has 0 aliphatic carbocycles. The van der Waals surface area contributed by atoms with E-state index in [2.05, 4.69) is 5.43 Å². The third-order valence-corrected chi connectivity index (χ3v) is 5.16. The Kier molecular flexibility index (Phi) is 5.86. The number of fused-ring (bicyclic) bond motifs is 1. The molecule has 2 aromatic carbocycles. The monoisotopic (exact) mass is 440 g/mol. The maximum atomic E-state index is 13.0. The molecule has 1 unspecified atom stereocenters. The summed E-state index contributed by atoms with van der Waals surface area (Å²) < 4.78 is 18.2. The van der Waals surface area contributed by atoms with E-state index in [1.807, 2.05) is 24.3 Å². The number of carbonyl (C=O) groups excluding carboxylic acids is 2. The van der Waals surface area contributed by atoms with Gasteiger partial charge in [0.2, 0.25) is 6.10 Å². The first-order valence-corrected chi connectivity index (χ1v) is 10.2. The van der Waals surface area contributed by atoms with Crippen LogP contribution < -0.4 is 14.9 Å². The lowest BCUT2D eigenvalue weighted by atomic mass is 10.1. The number of rotatable bonds is 5. The van der Waals surface area contributed by atoms with Crippen LogP contribution in [0.15, 0.2) is 54.6 Å². The fraction of sp³-hybridized carbons (Fsp3) is 0.217. The first kappa shape index (κ1) is 20.8. The Hall–Kier alpha value is -3.45. The smallest absolute Gasteiger partial charge is 0.340 e. The van der Waals surface area contributed by atoms with Crippen LogP contribution in [0.25, 0.3) is 11.3 Å². The molecule has 0 saturated carbocycles. The summed E-state index contributed by atoms with van der Waals surface area (Å²) in [5.74, 6) is 0.228. The number of esters is 1. The Labute approximate surface area is 184 Å². The molecule has 1 atom stereocenters. The number of nitrogens with one attached hydrogen (secondary N) is 1. The molecule has 4 rings (SSSR count). The summed E-state index contributed by atoms with van der Waals surface area (Å²) in [5, 5.41) is 0.583. The number of halogens is 1. The zero-order chi connectivity index (χ0) is 22.0. The van der Waals surface area contributed by atoms with E-state index < -0.39 is 18.0 Å². The Balaban J connectivity index is 1.65. The first-order chi connectivity index (χ1) is 15.0. The molecule has 1 aliphatic rings. The average Bonchev–Trinajstić information content (AvgIpc) is 3.10. The number of benzene rings is 2. The predicted octanol–water partition coefficient (Wildman–Crippen LogP) is 4.20. The van der Waals surface area contributed by atoms with Gasteiger partial charge in [-0.25, -0.2) is 4.79 Å². The summed E-state index contributed by atoms with van der Waals surface area (Å²) in [6.07, 6.45) is -0.846. The molecule has 0 spiro atoms. The van der Waals surface area contributed by atoms with Crippen LogP contribution in [-0.2, 0) is 9.53 Å². The minimum absolute atomic E-state index is 0.0736. The van der Waals surface area contributed by atoms with E-state index in [1.165, 1.54) is 0 Å². The number of para-hydroxylation sites is 2. The van der Waals surface area contributed by atoms with Gasteiger partial charge >= 0.3 is 5.97 Å². The molecule has 0 fully saturated rings. The lowest BCUT2D eigenvalue weighted by Gasteiger charge is -2.26. The van der Waals surface area contributed by atoms with Gasteiger partial charge in [-0.15, -0.1) is 0 Å². The van der Waals surface area contributed by atoms with E-state index in [1.54, 1.807) is 48.9 Å². The van der Waals surface area contributed by atoms with Crippen molar-refractivity contribution < 1.29 is 23.8 Å². The number of carbonyl (C=O) groups is 2. The molecule has 3 aromatic rings. The molecule has 2 heterocycles. The van der Waals surface area contributed by atoms with Gasteiger partial charge in [-0.3, -0.25) is 14.9 Å². The SMILES string of the molecule is CCOC(=O)c1cc(-c2ccc(Cl)cc2)n(NC(=O)C2COc3ccccc3O2)c1C. The Morgan fingerprint density at radius 1 is 1.16 bits per heavy atom.